The Kier molecular flexibility index (Phi) is 5.42. The maximum Gasteiger partial charge on any atom is 0.512 e. The minimum absolute atomic E-state index is 0.00160. The molecule has 0 aromatic rings. The lowest BCUT2D eigenvalue weighted by Crippen LogP contribution is -2.63. The van der Waals surface area contributed by atoms with Crippen molar-refractivity contribution in [2.75, 3.05) is 20.6 Å². The van der Waals surface area contributed by atoms with Crippen molar-refractivity contribution < 1.29 is 29.3 Å². The average molecular weight is 399 g/mol. The molecule has 3 aliphatic rings. The minimum atomic E-state index is -1.48. The molecule has 27 heavy (non-hydrogen) atoms. The fourth-order valence-corrected chi connectivity index (χ4v) is 5.50. The smallest absolute Gasteiger partial charge is 0.449 e. The van der Waals surface area contributed by atoms with Gasteiger partial charge >= 0.3 is 6.16 Å². The highest BCUT2D eigenvalue weighted by molar-refractivity contribution is 8.03. The number of thioether (sulfide) groups is 1. The highest BCUT2D eigenvalue weighted by Crippen LogP contribution is 2.52. The van der Waals surface area contributed by atoms with E-state index in [1.54, 1.807) is 25.9 Å². The maximum atomic E-state index is 12.4. The zero-order valence-electron chi connectivity index (χ0n) is 15.7. The Morgan fingerprint density at radius 1 is 1.41 bits per heavy atom. The molecule has 0 saturated carbocycles. The molecule has 3 heterocycles. The number of carboxylic acid groups (broad SMARTS) is 1. The van der Waals surface area contributed by atoms with Crippen LogP contribution in [0.2, 0.25) is 0 Å². The van der Waals surface area contributed by atoms with Crippen LogP contribution in [-0.4, -0.2) is 82.1 Å². The van der Waals surface area contributed by atoms with Crippen molar-refractivity contribution in [1.29, 1.82) is 0 Å². The van der Waals surface area contributed by atoms with Crippen molar-refractivity contribution in [3.63, 3.8) is 0 Å². The van der Waals surface area contributed by atoms with E-state index < -0.39 is 18.2 Å². The number of likely N-dealkylation sites (N-methyl/N-ethyl adjacent to an activating group) is 1. The van der Waals surface area contributed by atoms with E-state index in [0.29, 0.717) is 17.9 Å². The van der Waals surface area contributed by atoms with Crippen molar-refractivity contribution in [2.24, 2.45) is 11.8 Å². The first kappa shape index (κ1) is 20.0. The molecule has 9 nitrogen and oxygen atoms in total. The number of nitrogens with zero attached hydrogens (tertiary/aromatic N) is 2. The molecular formula is C17H25N3O6S. The van der Waals surface area contributed by atoms with Gasteiger partial charge in [-0.25, -0.2) is 4.79 Å². The Bertz CT molecular complexity index is 694. The van der Waals surface area contributed by atoms with E-state index in [1.807, 2.05) is 6.92 Å². The molecule has 0 radical (unpaired) electrons. The van der Waals surface area contributed by atoms with Crippen LogP contribution in [0, 0.1) is 11.8 Å². The first-order valence-electron chi connectivity index (χ1n) is 8.90. The molecule has 10 heteroatoms. The Morgan fingerprint density at radius 3 is 2.63 bits per heavy atom. The summed E-state index contributed by atoms with van der Waals surface area (Å²) < 4.78 is 4.95. The first-order valence-corrected chi connectivity index (χ1v) is 9.78. The van der Waals surface area contributed by atoms with Gasteiger partial charge in [0, 0.05) is 31.8 Å². The molecule has 2 amide bonds. The largest absolute Gasteiger partial charge is 0.512 e. The first-order chi connectivity index (χ1) is 12.6. The van der Waals surface area contributed by atoms with Crippen LogP contribution in [0.3, 0.4) is 0 Å². The molecule has 0 aromatic heterocycles. The average Bonchev–Trinajstić information content (AvgIpc) is 3.10. The van der Waals surface area contributed by atoms with Gasteiger partial charge in [0.05, 0.1) is 29.0 Å². The number of carbonyl (C=O) groups excluding carboxylic acids is 2. The van der Waals surface area contributed by atoms with E-state index in [0.717, 1.165) is 0 Å². The zero-order chi connectivity index (χ0) is 20.0. The summed E-state index contributed by atoms with van der Waals surface area (Å²) >= 11 is 1.45. The third-order valence-corrected chi connectivity index (χ3v) is 6.86. The van der Waals surface area contributed by atoms with Crippen molar-refractivity contribution in [3.05, 3.63) is 10.8 Å². The summed E-state index contributed by atoms with van der Waals surface area (Å²) in [7, 11) is 3.41. The van der Waals surface area contributed by atoms with Crippen molar-refractivity contribution in [2.45, 2.75) is 43.7 Å². The number of amides is 2. The third-order valence-electron chi connectivity index (χ3n) is 5.37. The van der Waals surface area contributed by atoms with Crippen LogP contribution in [-0.2, 0) is 14.3 Å². The van der Waals surface area contributed by atoms with E-state index >= 15 is 0 Å². The topological polar surface area (TPSA) is 119 Å². The normalized spacial score (nSPS) is 33.6. The van der Waals surface area contributed by atoms with Gasteiger partial charge in [0.25, 0.3) is 0 Å². The summed E-state index contributed by atoms with van der Waals surface area (Å²) in [4.78, 5) is 39.3. The predicted octanol–water partition coefficient (Wildman–Crippen LogP) is 0.260. The fourth-order valence-electron chi connectivity index (χ4n) is 4.07. The lowest BCUT2D eigenvalue weighted by atomic mass is 9.79. The summed E-state index contributed by atoms with van der Waals surface area (Å²) in [6.45, 7) is 4.07. The van der Waals surface area contributed by atoms with Gasteiger partial charge in [-0.2, -0.15) is 0 Å². The Labute approximate surface area is 161 Å². The second kappa shape index (κ2) is 7.33. The van der Waals surface area contributed by atoms with Crippen LogP contribution in [0.4, 0.5) is 4.79 Å². The van der Waals surface area contributed by atoms with Gasteiger partial charge in [-0.1, -0.05) is 6.92 Å². The Balaban J connectivity index is 1.78. The lowest BCUT2D eigenvalue weighted by molar-refractivity contribution is -0.163. The Morgan fingerprint density at radius 2 is 2.07 bits per heavy atom. The Hall–Kier alpha value is -1.78. The van der Waals surface area contributed by atoms with E-state index in [9.17, 15) is 19.5 Å². The number of hydrogen-bond acceptors (Lipinski definition) is 7. The summed E-state index contributed by atoms with van der Waals surface area (Å²) in [5, 5.41) is 22.3. The molecule has 3 aliphatic heterocycles. The summed E-state index contributed by atoms with van der Waals surface area (Å²) in [5.41, 5.74) is 0. The number of ether oxygens (including phenoxy) is 1. The summed E-state index contributed by atoms with van der Waals surface area (Å²) in [6, 6.07) is -0.578. The molecule has 3 N–H and O–H groups in total. The zero-order valence-corrected chi connectivity index (χ0v) is 16.5. The number of aliphatic hydroxyl groups is 1. The molecule has 0 aliphatic carbocycles. The standard InChI is InChI=1S/C17H25N3O6S/c1-7-12-11(8(2)21)15(23)20(12)16(26-17(24)25)13(7)27-9-5-10(18-6-9)14(22)19(3)4/h7-12,18,21H,5-6H2,1-4H3,(H,24,25)/t7-,8?,9+,10+,11-,12-/m1/s1. The maximum absolute atomic E-state index is 12.4. The number of hydrogen-bond donors (Lipinski definition) is 3. The second-order valence-corrected chi connectivity index (χ2v) is 8.80. The van der Waals surface area contributed by atoms with E-state index in [4.69, 9.17) is 9.84 Å². The summed E-state index contributed by atoms with van der Waals surface area (Å²) in [5.74, 6) is -0.976. The van der Waals surface area contributed by atoms with Gasteiger partial charge in [-0.05, 0) is 13.3 Å². The van der Waals surface area contributed by atoms with E-state index in [1.165, 1.54) is 16.7 Å². The fraction of sp³-hybridized carbons (Fsp3) is 0.706. The number of aliphatic hydroxyl groups excluding tert-OH is 1. The van der Waals surface area contributed by atoms with Crippen molar-refractivity contribution in [1.82, 2.24) is 15.1 Å². The SMILES string of the molecule is CC(O)[C@H]1C(=O)N2C(OC(=O)O)=C(S[C@@H]3CN[C@H](C(=O)N(C)C)C3)[C@H](C)[C@H]12. The summed E-state index contributed by atoms with van der Waals surface area (Å²) in [6.07, 6.45) is -1.68. The molecule has 0 spiro atoms. The molecule has 2 fully saturated rings. The quantitative estimate of drug-likeness (QED) is 0.445. The van der Waals surface area contributed by atoms with E-state index in [-0.39, 0.29) is 40.9 Å². The molecule has 3 rings (SSSR count). The molecule has 2 saturated heterocycles. The second-order valence-electron chi connectivity index (χ2n) is 7.46. The minimum Gasteiger partial charge on any atom is -0.449 e. The van der Waals surface area contributed by atoms with Crippen molar-refractivity contribution in [3.8, 4) is 0 Å². The van der Waals surface area contributed by atoms with Gasteiger partial charge in [0.2, 0.25) is 17.7 Å². The monoisotopic (exact) mass is 399 g/mol. The van der Waals surface area contributed by atoms with Crippen molar-refractivity contribution >= 4 is 29.7 Å². The number of β-lactam (4-membered cyclic amide) rings is 1. The molecule has 0 aromatic carbocycles. The molecule has 6 atom stereocenters. The van der Waals surface area contributed by atoms with Gasteiger partial charge in [-0.15, -0.1) is 11.8 Å². The van der Waals surface area contributed by atoms with Gasteiger partial charge in [0.15, 0.2) is 0 Å². The van der Waals surface area contributed by atoms with E-state index in [2.05, 4.69) is 5.32 Å². The molecular weight excluding hydrogens is 374 g/mol. The molecule has 0 bridgehead atoms. The predicted molar refractivity (Wildman–Crippen MR) is 97.6 cm³/mol. The van der Waals surface area contributed by atoms with Crippen LogP contribution in [0.5, 0.6) is 0 Å². The van der Waals surface area contributed by atoms with Gasteiger partial charge in [0.1, 0.15) is 0 Å². The van der Waals surface area contributed by atoms with Crippen LogP contribution < -0.4 is 5.32 Å². The highest BCUT2D eigenvalue weighted by Gasteiger charge is 2.60. The van der Waals surface area contributed by atoms with Crippen LogP contribution in [0.15, 0.2) is 10.8 Å². The van der Waals surface area contributed by atoms with Gasteiger partial charge < -0.3 is 25.2 Å². The van der Waals surface area contributed by atoms with Crippen LogP contribution >= 0.6 is 11.8 Å². The number of carbonyl (C=O) groups is 3. The number of nitrogens with one attached hydrogen (secondary N) is 1. The highest BCUT2D eigenvalue weighted by atomic mass is 32.2. The number of rotatable bonds is 5. The lowest BCUT2D eigenvalue weighted by Gasteiger charge is -2.45. The molecule has 1 unspecified atom stereocenters. The van der Waals surface area contributed by atoms with Crippen LogP contribution in [0.25, 0.3) is 0 Å². The molecule has 150 valence electrons. The van der Waals surface area contributed by atoms with Gasteiger partial charge in [-0.3, -0.25) is 14.5 Å². The number of fused-ring (bicyclic) bond motifs is 1. The van der Waals surface area contributed by atoms with Crippen LogP contribution in [0.1, 0.15) is 20.3 Å². The third kappa shape index (κ3) is 3.41.